The Bertz CT molecular complexity index is 638. The van der Waals surface area contributed by atoms with Gasteiger partial charge in [-0.3, -0.25) is 0 Å². The Labute approximate surface area is 158 Å². The molecule has 0 atom stereocenters. The normalized spacial score (nSPS) is 14.9. The first-order valence-electron chi connectivity index (χ1n) is 8.47. The largest absolute Gasteiger partial charge is 0.497 e. The number of methoxy groups -OCH3 is 1. The highest BCUT2D eigenvalue weighted by atomic mass is 79.9. The van der Waals surface area contributed by atoms with Gasteiger partial charge < -0.3 is 19.7 Å². The first-order valence-corrected chi connectivity index (χ1v) is 9.27. The number of nitrogens with one attached hydrogen (secondary N) is 1. The molecule has 25 heavy (non-hydrogen) atoms. The highest BCUT2D eigenvalue weighted by Gasteiger charge is 2.23. The molecule has 0 unspecified atom stereocenters. The number of hydrogen-bond acceptors (Lipinski definition) is 4. The summed E-state index contributed by atoms with van der Waals surface area (Å²) in [6.07, 6.45) is 2.75. The van der Waals surface area contributed by atoms with E-state index in [1.165, 1.54) is 11.1 Å². The van der Waals surface area contributed by atoms with Gasteiger partial charge in [0.1, 0.15) is 11.4 Å². The van der Waals surface area contributed by atoms with Gasteiger partial charge in [-0.05, 0) is 44.9 Å². The molecule has 1 aliphatic rings. The second-order valence-electron chi connectivity index (χ2n) is 7.10. The SMILES string of the molecule is COc1ccc(CNCC2=CCN(C(=O)OC(C)(C)C)CC2)c(Br)c1. The number of halogens is 1. The van der Waals surface area contributed by atoms with Gasteiger partial charge in [-0.1, -0.05) is 33.6 Å². The van der Waals surface area contributed by atoms with E-state index in [9.17, 15) is 4.79 Å². The van der Waals surface area contributed by atoms with Crippen LogP contribution in [0.2, 0.25) is 0 Å². The minimum Gasteiger partial charge on any atom is -0.497 e. The van der Waals surface area contributed by atoms with Gasteiger partial charge in [-0.15, -0.1) is 0 Å². The molecule has 6 heteroatoms. The Kier molecular flexibility index (Phi) is 6.90. The van der Waals surface area contributed by atoms with Crippen LogP contribution in [-0.2, 0) is 11.3 Å². The van der Waals surface area contributed by atoms with Gasteiger partial charge in [0, 0.05) is 30.7 Å². The molecule has 0 aromatic heterocycles. The lowest BCUT2D eigenvalue weighted by Crippen LogP contribution is -2.39. The van der Waals surface area contributed by atoms with Gasteiger partial charge in [0.25, 0.3) is 0 Å². The molecule has 0 saturated carbocycles. The second kappa shape index (κ2) is 8.72. The van der Waals surface area contributed by atoms with Crippen LogP contribution in [0.15, 0.2) is 34.3 Å². The molecule has 1 N–H and O–H groups in total. The molecule has 0 spiro atoms. The monoisotopic (exact) mass is 410 g/mol. The maximum atomic E-state index is 12.1. The summed E-state index contributed by atoms with van der Waals surface area (Å²) in [4.78, 5) is 13.8. The molecule has 1 aliphatic heterocycles. The number of carbonyl (C=O) groups excluding carboxylic acids is 1. The van der Waals surface area contributed by atoms with Crippen LogP contribution in [0.25, 0.3) is 0 Å². The fraction of sp³-hybridized carbons (Fsp3) is 0.526. The minimum atomic E-state index is -0.450. The molecule has 138 valence electrons. The lowest BCUT2D eigenvalue weighted by atomic mass is 10.1. The van der Waals surface area contributed by atoms with Gasteiger partial charge in [-0.2, -0.15) is 0 Å². The molecule has 1 aromatic carbocycles. The number of amides is 1. The highest BCUT2D eigenvalue weighted by molar-refractivity contribution is 9.10. The Morgan fingerprint density at radius 1 is 1.32 bits per heavy atom. The molecule has 0 radical (unpaired) electrons. The standard InChI is InChI=1S/C19H27BrN2O3/c1-19(2,3)25-18(23)22-9-7-14(8-10-22)12-21-13-15-5-6-16(24-4)11-17(15)20/h5-7,11,21H,8-10,12-13H2,1-4H3. The van der Waals surface area contributed by atoms with Crippen LogP contribution < -0.4 is 10.1 Å². The molecule has 0 aliphatic carbocycles. The van der Waals surface area contributed by atoms with Crippen molar-refractivity contribution in [1.29, 1.82) is 0 Å². The highest BCUT2D eigenvalue weighted by Crippen LogP contribution is 2.23. The topological polar surface area (TPSA) is 50.8 Å². The van der Waals surface area contributed by atoms with Gasteiger partial charge >= 0.3 is 6.09 Å². The average Bonchev–Trinajstić information content (AvgIpc) is 2.55. The first-order chi connectivity index (χ1) is 11.8. The number of benzene rings is 1. The summed E-state index contributed by atoms with van der Waals surface area (Å²) in [5.74, 6) is 0.841. The van der Waals surface area contributed by atoms with E-state index in [2.05, 4.69) is 33.4 Å². The summed E-state index contributed by atoms with van der Waals surface area (Å²) in [5, 5.41) is 3.46. The van der Waals surface area contributed by atoms with Crippen LogP contribution in [0.5, 0.6) is 5.75 Å². The number of hydrogen-bond donors (Lipinski definition) is 1. The molecule has 1 heterocycles. The van der Waals surface area contributed by atoms with Crippen molar-refractivity contribution >= 4 is 22.0 Å². The smallest absolute Gasteiger partial charge is 0.410 e. The van der Waals surface area contributed by atoms with E-state index in [1.807, 2.05) is 32.9 Å². The Morgan fingerprint density at radius 2 is 2.08 bits per heavy atom. The maximum absolute atomic E-state index is 12.1. The molecule has 5 nitrogen and oxygen atoms in total. The van der Waals surface area contributed by atoms with Crippen LogP contribution in [0.4, 0.5) is 4.79 Å². The molecule has 0 saturated heterocycles. The zero-order valence-corrected chi connectivity index (χ0v) is 17.0. The average molecular weight is 411 g/mol. The quantitative estimate of drug-likeness (QED) is 0.741. The van der Waals surface area contributed by atoms with Crippen molar-refractivity contribution in [3.63, 3.8) is 0 Å². The van der Waals surface area contributed by atoms with Crippen LogP contribution >= 0.6 is 15.9 Å². The fourth-order valence-electron chi connectivity index (χ4n) is 2.52. The van der Waals surface area contributed by atoms with Crippen molar-refractivity contribution < 1.29 is 14.3 Å². The predicted octanol–water partition coefficient (Wildman–Crippen LogP) is 4.11. The summed E-state index contributed by atoms with van der Waals surface area (Å²) < 4.78 is 11.7. The molecule has 0 bridgehead atoms. The third kappa shape index (κ3) is 6.36. The van der Waals surface area contributed by atoms with E-state index >= 15 is 0 Å². The second-order valence-corrected chi connectivity index (χ2v) is 7.95. The van der Waals surface area contributed by atoms with Gasteiger partial charge in [-0.25, -0.2) is 4.79 Å². The first kappa shape index (κ1) is 19.8. The minimum absolute atomic E-state index is 0.238. The fourth-order valence-corrected chi connectivity index (χ4v) is 3.02. The van der Waals surface area contributed by atoms with Gasteiger partial charge in [0.2, 0.25) is 0 Å². The Balaban J connectivity index is 1.78. The molecule has 1 aromatic rings. The van der Waals surface area contributed by atoms with Crippen molar-refractivity contribution in [2.24, 2.45) is 0 Å². The predicted molar refractivity (Wildman–Crippen MR) is 103 cm³/mol. The summed E-state index contributed by atoms with van der Waals surface area (Å²) in [5.41, 5.74) is 2.06. The summed E-state index contributed by atoms with van der Waals surface area (Å²) in [6, 6.07) is 5.98. The number of rotatable bonds is 5. The van der Waals surface area contributed by atoms with Crippen molar-refractivity contribution in [3.05, 3.63) is 39.9 Å². The van der Waals surface area contributed by atoms with Crippen LogP contribution in [0, 0.1) is 0 Å². The van der Waals surface area contributed by atoms with E-state index in [1.54, 1.807) is 12.0 Å². The van der Waals surface area contributed by atoms with Crippen LogP contribution in [-0.4, -0.2) is 43.3 Å². The van der Waals surface area contributed by atoms with Crippen molar-refractivity contribution in [2.75, 3.05) is 26.7 Å². The Hall–Kier alpha value is -1.53. The van der Waals surface area contributed by atoms with Crippen molar-refractivity contribution in [2.45, 2.75) is 39.3 Å². The van der Waals surface area contributed by atoms with Gasteiger partial charge in [0.05, 0.1) is 7.11 Å². The number of ether oxygens (including phenoxy) is 2. The summed E-state index contributed by atoms with van der Waals surface area (Å²) in [6.45, 7) is 8.57. The maximum Gasteiger partial charge on any atom is 0.410 e. The third-order valence-corrected chi connectivity index (χ3v) is 4.62. The Morgan fingerprint density at radius 3 is 2.64 bits per heavy atom. The zero-order chi connectivity index (χ0) is 18.4. The summed E-state index contributed by atoms with van der Waals surface area (Å²) >= 11 is 3.57. The number of nitrogens with zero attached hydrogens (tertiary/aromatic N) is 1. The van der Waals surface area contributed by atoms with Crippen molar-refractivity contribution in [1.82, 2.24) is 10.2 Å². The van der Waals surface area contributed by atoms with Crippen molar-refractivity contribution in [3.8, 4) is 5.75 Å². The molecular weight excluding hydrogens is 384 g/mol. The molecular formula is C19H27BrN2O3. The van der Waals surface area contributed by atoms with Crippen LogP contribution in [0.3, 0.4) is 0 Å². The van der Waals surface area contributed by atoms with E-state index < -0.39 is 5.60 Å². The lowest BCUT2D eigenvalue weighted by Gasteiger charge is -2.29. The molecule has 2 rings (SSSR count). The van der Waals surface area contributed by atoms with E-state index in [0.29, 0.717) is 13.1 Å². The molecule has 0 fully saturated rings. The molecule has 1 amide bonds. The van der Waals surface area contributed by atoms with E-state index in [-0.39, 0.29) is 6.09 Å². The summed E-state index contributed by atoms with van der Waals surface area (Å²) in [7, 11) is 1.66. The zero-order valence-electron chi connectivity index (χ0n) is 15.4. The third-order valence-electron chi connectivity index (χ3n) is 3.88. The van der Waals surface area contributed by atoms with Gasteiger partial charge in [0.15, 0.2) is 0 Å². The lowest BCUT2D eigenvalue weighted by molar-refractivity contribution is 0.0265. The number of carbonyl (C=O) groups is 1. The van der Waals surface area contributed by atoms with Crippen LogP contribution in [0.1, 0.15) is 32.8 Å². The van der Waals surface area contributed by atoms with E-state index in [4.69, 9.17) is 9.47 Å². The van der Waals surface area contributed by atoms with E-state index in [0.717, 1.165) is 29.7 Å².